The molecule has 0 fully saturated rings. The number of benzene rings is 1. The van der Waals surface area contributed by atoms with Gasteiger partial charge in [-0.1, -0.05) is 18.2 Å². The highest BCUT2D eigenvalue weighted by atomic mass is 19.4. The van der Waals surface area contributed by atoms with Crippen molar-refractivity contribution in [2.45, 2.75) is 25.7 Å². The second-order valence-electron chi connectivity index (χ2n) is 7.88. The Kier molecular flexibility index (Phi) is 5.55. The molecule has 33 heavy (non-hydrogen) atoms. The van der Waals surface area contributed by atoms with Gasteiger partial charge in [-0.15, -0.1) is 0 Å². The van der Waals surface area contributed by atoms with E-state index in [-0.39, 0.29) is 0 Å². The highest BCUT2D eigenvalue weighted by Crippen LogP contribution is 2.30. The van der Waals surface area contributed by atoms with E-state index in [4.69, 9.17) is 4.98 Å². The molecule has 0 bridgehead atoms. The predicted molar refractivity (Wildman–Crippen MR) is 116 cm³/mol. The van der Waals surface area contributed by atoms with Gasteiger partial charge in [0.1, 0.15) is 6.33 Å². The van der Waals surface area contributed by atoms with Gasteiger partial charge in [-0.3, -0.25) is 9.88 Å². The van der Waals surface area contributed by atoms with Crippen molar-refractivity contribution in [1.82, 2.24) is 29.8 Å². The fourth-order valence-electron chi connectivity index (χ4n) is 3.84. The first-order chi connectivity index (χ1) is 16.0. The molecule has 9 heteroatoms. The Labute approximate surface area is 188 Å². The Morgan fingerprint density at radius 3 is 2.33 bits per heavy atom. The van der Waals surface area contributed by atoms with E-state index in [2.05, 4.69) is 24.8 Å². The second kappa shape index (κ2) is 8.67. The van der Waals surface area contributed by atoms with E-state index < -0.39 is 11.7 Å². The number of hydrogen-bond acceptors (Lipinski definition) is 6. The van der Waals surface area contributed by atoms with Crippen molar-refractivity contribution in [3.8, 4) is 22.6 Å². The summed E-state index contributed by atoms with van der Waals surface area (Å²) in [5.41, 5.74) is 4.59. The fraction of sp³-hybridized carbons (Fsp3) is 0.208. The second-order valence-corrected chi connectivity index (χ2v) is 7.88. The maximum atomic E-state index is 12.8. The van der Waals surface area contributed by atoms with E-state index in [0.29, 0.717) is 23.6 Å². The third-order valence-electron chi connectivity index (χ3n) is 5.57. The van der Waals surface area contributed by atoms with E-state index in [0.717, 1.165) is 54.0 Å². The molecule has 0 saturated heterocycles. The van der Waals surface area contributed by atoms with Crippen molar-refractivity contribution >= 4 is 0 Å². The molecule has 4 aromatic rings. The van der Waals surface area contributed by atoms with Crippen molar-refractivity contribution < 1.29 is 13.2 Å². The molecule has 6 nitrogen and oxygen atoms in total. The highest BCUT2D eigenvalue weighted by molar-refractivity contribution is 5.59. The first kappa shape index (κ1) is 21.1. The Bertz CT molecular complexity index is 1240. The summed E-state index contributed by atoms with van der Waals surface area (Å²) in [5.74, 6) is 0.630. The van der Waals surface area contributed by atoms with E-state index >= 15 is 0 Å². The normalized spacial score (nSPS) is 14.2. The summed E-state index contributed by atoms with van der Waals surface area (Å²) >= 11 is 0. The van der Waals surface area contributed by atoms with Gasteiger partial charge in [0.2, 0.25) is 0 Å². The smallest absolute Gasteiger partial charge is 0.294 e. The molecule has 0 saturated carbocycles. The molecule has 0 aliphatic carbocycles. The quantitative estimate of drug-likeness (QED) is 0.456. The van der Waals surface area contributed by atoms with Gasteiger partial charge < -0.3 is 0 Å². The van der Waals surface area contributed by atoms with Gasteiger partial charge >= 0.3 is 6.18 Å². The lowest BCUT2D eigenvalue weighted by molar-refractivity contribution is -0.137. The van der Waals surface area contributed by atoms with Crippen molar-refractivity contribution in [2.24, 2.45) is 0 Å². The molecular formula is C24H19F3N6. The topological polar surface area (TPSA) is 67.7 Å². The molecule has 1 aliphatic heterocycles. The number of nitrogens with zero attached hydrogens (tertiary/aromatic N) is 6. The largest absolute Gasteiger partial charge is 0.416 e. The van der Waals surface area contributed by atoms with Crippen LogP contribution in [0.4, 0.5) is 13.2 Å². The summed E-state index contributed by atoms with van der Waals surface area (Å²) in [7, 11) is 0. The number of halogens is 3. The lowest BCUT2D eigenvalue weighted by Crippen LogP contribution is -2.31. The lowest BCUT2D eigenvalue weighted by Gasteiger charge is -2.28. The summed E-state index contributed by atoms with van der Waals surface area (Å²) in [6, 6.07) is 8.85. The van der Waals surface area contributed by atoms with Crippen LogP contribution in [0.1, 0.15) is 22.4 Å². The molecule has 1 aromatic carbocycles. The van der Waals surface area contributed by atoms with Crippen LogP contribution in [0.25, 0.3) is 22.6 Å². The van der Waals surface area contributed by atoms with E-state index in [9.17, 15) is 13.2 Å². The third kappa shape index (κ3) is 4.73. The summed E-state index contributed by atoms with van der Waals surface area (Å²) in [6.45, 7) is 2.31. The molecule has 5 rings (SSSR count). The van der Waals surface area contributed by atoms with Gasteiger partial charge in [0, 0.05) is 62.0 Å². The number of rotatable bonds is 4. The molecular weight excluding hydrogens is 429 g/mol. The molecule has 0 unspecified atom stereocenters. The summed E-state index contributed by atoms with van der Waals surface area (Å²) < 4.78 is 38.3. The zero-order valence-corrected chi connectivity index (χ0v) is 17.5. The van der Waals surface area contributed by atoms with Gasteiger partial charge in [-0.25, -0.2) is 19.9 Å². The minimum atomic E-state index is -4.34. The predicted octanol–water partition coefficient (Wildman–Crippen LogP) is 4.57. The van der Waals surface area contributed by atoms with Crippen LogP contribution in [-0.2, 0) is 25.7 Å². The average molecular weight is 448 g/mol. The molecule has 0 atom stereocenters. The van der Waals surface area contributed by atoms with E-state index in [1.54, 1.807) is 18.6 Å². The Morgan fingerprint density at radius 1 is 0.848 bits per heavy atom. The lowest BCUT2D eigenvalue weighted by atomic mass is 10.1. The van der Waals surface area contributed by atoms with Gasteiger partial charge in [0.25, 0.3) is 0 Å². The SMILES string of the molecule is FC(F)(F)c1ccc(-c2ccc(CN3CCc4nc(-c5cncnc5)ncc4C3)cn2)cc1. The standard InChI is InChI=1S/C24H19F3N6/c25-24(26,27)20-4-2-17(3-5-20)21-6-1-16(9-30-21)13-33-8-7-22-19(14-33)12-31-23(32-22)18-10-28-15-29-11-18/h1-6,9-12,15H,7-8,13-14H2. The third-order valence-corrected chi connectivity index (χ3v) is 5.57. The monoisotopic (exact) mass is 448 g/mol. The Hall–Kier alpha value is -3.72. The molecule has 0 amide bonds. The van der Waals surface area contributed by atoms with E-state index in [1.165, 1.54) is 18.5 Å². The van der Waals surface area contributed by atoms with Crippen molar-refractivity contribution in [3.63, 3.8) is 0 Å². The van der Waals surface area contributed by atoms with Crippen molar-refractivity contribution in [2.75, 3.05) is 6.54 Å². The van der Waals surface area contributed by atoms with E-state index in [1.807, 2.05) is 18.3 Å². The van der Waals surface area contributed by atoms with Gasteiger partial charge in [0.15, 0.2) is 5.82 Å². The van der Waals surface area contributed by atoms with Crippen LogP contribution in [0.2, 0.25) is 0 Å². The first-order valence-electron chi connectivity index (χ1n) is 10.4. The first-order valence-corrected chi connectivity index (χ1v) is 10.4. The number of aromatic nitrogens is 5. The molecule has 166 valence electrons. The molecule has 0 spiro atoms. The Balaban J connectivity index is 1.24. The molecule has 1 aliphatic rings. The van der Waals surface area contributed by atoms with Crippen LogP contribution in [-0.4, -0.2) is 36.4 Å². The molecule has 0 N–H and O–H groups in total. The Morgan fingerprint density at radius 2 is 1.64 bits per heavy atom. The van der Waals surface area contributed by atoms with Gasteiger partial charge in [0.05, 0.1) is 22.5 Å². The molecule has 3 aromatic heterocycles. The molecule has 0 radical (unpaired) electrons. The highest BCUT2D eigenvalue weighted by Gasteiger charge is 2.30. The number of pyridine rings is 1. The summed E-state index contributed by atoms with van der Waals surface area (Å²) in [4.78, 5) is 24.0. The van der Waals surface area contributed by atoms with Crippen LogP contribution >= 0.6 is 0 Å². The van der Waals surface area contributed by atoms with Crippen LogP contribution in [0.5, 0.6) is 0 Å². The average Bonchev–Trinajstić information content (AvgIpc) is 2.84. The maximum Gasteiger partial charge on any atom is 0.416 e. The van der Waals surface area contributed by atoms with Crippen LogP contribution in [0, 0.1) is 0 Å². The van der Waals surface area contributed by atoms with Gasteiger partial charge in [-0.2, -0.15) is 13.2 Å². The van der Waals surface area contributed by atoms with Crippen LogP contribution in [0.15, 0.2) is 67.5 Å². The van der Waals surface area contributed by atoms with Crippen molar-refractivity contribution in [3.05, 3.63) is 89.9 Å². The number of fused-ring (bicyclic) bond motifs is 1. The van der Waals surface area contributed by atoms with Crippen LogP contribution < -0.4 is 0 Å². The maximum absolute atomic E-state index is 12.8. The van der Waals surface area contributed by atoms with Crippen molar-refractivity contribution in [1.29, 1.82) is 0 Å². The number of hydrogen-bond donors (Lipinski definition) is 0. The number of alkyl halides is 3. The summed E-state index contributed by atoms with van der Waals surface area (Å²) in [6.07, 6.45) is 4.99. The summed E-state index contributed by atoms with van der Waals surface area (Å²) in [5, 5.41) is 0. The van der Waals surface area contributed by atoms with Gasteiger partial charge in [-0.05, 0) is 23.8 Å². The minimum absolute atomic E-state index is 0.630. The zero-order chi connectivity index (χ0) is 22.8. The fourth-order valence-corrected chi connectivity index (χ4v) is 3.84. The molecule has 4 heterocycles. The zero-order valence-electron chi connectivity index (χ0n) is 17.5. The minimum Gasteiger partial charge on any atom is -0.294 e. The van der Waals surface area contributed by atoms with Crippen LogP contribution in [0.3, 0.4) is 0 Å².